The van der Waals surface area contributed by atoms with Crippen molar-refractivity contribution in [1.29, 1.82) is 5.26 Å². The molecule has 0 atom stereocenters. The Morgan fingerprint density at radius 2 is 1.81 bits per heavy atom. The predicted octanol–water partition coefficient (Wildman–Crippen LogP) is 2.75. The van der Waals surface area contributed by atoms with Crippen LogP contribution in [0.5, 0.6) is 0 Å². The second-order valence-corrected chi connectivity index (χ2v) is 6.94. The Bertz CT molecular complexity index is 1180. The van der Waals surface area contributed by atoms with E-state index in [1.165, 1.54) is 22.9 Å². The summed E-state index contributed by atoms with van der Waals surface area (Å²) in [6, 6.07) is 13.9. The van der Waals surface area contributed by atoms with Crippen molar-refractivity contribution < 1.29 is 14.1 Å². The number of nitrogens with zero attached hydrogens (tertiary/aromatic N) is 6. The zero-order valence-corrected chi connectivity index (χ0v) is 16.3. The van der Waals surface area contributed by atoms with Gasteiger partial charge >= 0.3 is 0 Å². The maximum Gasteiger partial charge on any atom is 0.274 e. The summed E-state index contributed by atoms with van der Waals surface area (Å²) < 4.78 is 15.4. The van der Waals surface area contributed by atoms with E-state index in [2.05, 4.69) is 5.10 Å². The van der Waals surface area contributed by atoms with Gasteiger partial charge in [-0.3, -0.25) is 14.9 Å². The molecule has 9 nitrogen and oxygen atoms in total. The van der Waals surface area contributed by atoms with E-state index in [0.29, 0.717) is 37.6 Å². The zero-order valence-electron chi connectivity index (χ0n) is 16.3. The number of halogens is 1. The van der Waals surface area contributed by atoms with Gasteiger partial charge in [0.25, 0.3) is 11.6 Å². The fourth-order valence-electron chi connectivity index (χ4n) is 3.51. The van der Waals surface area contributed by atoms with Gasteiger partial charge in [0.15, 0.2) is 5.69 Å². The van der Waals surface area contributed by atoms with Crippen molar-refractivity contribution in [3.63, 3.8) is 0 Å². The minimum Gasteiger partial charge on any atom is -0.367 e. The summed E-state index contributed by atoms with van der Waals surface area (Å²) in [5.74, 6) is -0.796. The van der Waals surface area contributed by atoms with E-state index >= 15 is 0 Å². The van der Waals surface area contributed by atoms with Crippen molar-refractivity contribution in [3.05, 3.63) is 81.9 Å². The van der Waals surface area contributed by atoms with Crippen LogP contribution in [0.2, 0.25) is 0 Å². The first-order valence-electron chi connectivity index (χ1n) is 9.51. The lowest BCUT2D eigenvalue weighted by atomic mass is 10.1. The van der Waals surface area contributed by atoms with Gasteiger partial charge in [-0.1, -0.05) is 6.07 Å². The van der Waals surface area contributed by atoms with Crippen LogP contribution in [0, 0.1) is 27.3 Å². The molecular formula is C21H17FN6O3. The van der Waals surface area contributed by atoms with Crippen LogP contribution in [-0.2, 0) is 0 Å². The number of carbonyl (C=O) groups is 1. The Hall–Kier alpha value is -4.26. The van der Waals surface area contributed by atoms with Crippen LogP contribution in [0.25, 0.3) is 5.69 Å². The van der Waals surface area contributed by atoms with Gasteiger partial charge in [0.2, 0.25) is 0 Å². The van der Waals surface area contributed by atoms with Crippen molar-refractivity contribution in [3.8, 4) is 11.8 Å². The van der Waals surface area contributed by atoms with Crippen LogP contribution in [0.4, 0.5) is 15.8 Å². The Kier molecular flexibility index (Phi) is 5.32. The summed E-state index contributed by atoms with van der Waals surface area (Å²) in [5.41, 5.74) is 1.36. The van der Waals surface area contributed by atoms with Gasteiger partial charge in [-0.05, 0) is 30.3 Å². The van der Waals surface area contributed by atoms with Gasteiger partial charge in [-0.25, -0.2) is 9.07 Å². The number of rotatable bonds is 4. The molecule has 1 aromatic heterocycles. The zero-order chi connectivity index (χ0) is 22.0. The molecule has 1 aliphatic rings. The SMILES string of the molecule is N#Cc1c(F)cccc1N1CCN(C(=O)c2ccn(-c3ccc([N+](=O)[O-])cc3)n2)CC1. The molecule has 156 valence electrons. The van der Waals surface area contributed by atoms with E-state index in [-0.39, 0.29) is 22.9 Å². The number of amides is 1. The molecule has 1 saturated heterocycles. The second kappa shape index (κ2) is 8.23. The molecule has 0 spiro atoms. The summed E-state index contributed by atoms with van der Waals surface area (Å²) in [6.45, 7) is 1.75. The lowest BCUT2D eigenvalue weighted by molar-refractivity contribution is -0.384. The number of nitro benzene ring substituents is 1. The Labute approximate surface area is 176 Å². The molecule has 2 aromatic carbocycles. The maximum atomic E-state index is 13.9. The first kappa shape index (κ1) is 20.0. The molecule has 0 saturated carbocycles. The number of non-ortho nitro benzene ring substituents is 1. The molecule has 0 aliphatic carbocycles. The first-order valence-corrected chi connectivity index (χ1v) is 9.51. The van der Waals surface area contributed by atoms with Crippen LogP contribution in [0.1, 0.15) is 16.1 Å². The summed E-state index contributed by atoms with van der Waals surface area (Å²) in [4.78, 5) is 26.7. The number of benzene rings is 2. The van der Waals surface area contributed by atoms with E-state index in [0.717, 1.165) is 0 Å². The largest absolute Gasteiger partial charge is 0.367 e. The molecular weight excluding hydrogens is 403 g/mol. The summed E-state index contributed by atoms with van der Waals surface area (Å²) in [5, 5.41) is 24.3. The molecule has 2 heterocycles. The normalized spacial score (nSPS) is 13.7. The van der Waals surface area contributed by atoms with E-state index < -0.39 is 10.7 Å². The van der Waals surface area contributed by atoms with E-state index in [1.807, 2.05) is 11.0 Å². The average Bonchev–Trinajstić information content (AvgIpc) is 3.29. The van der Waals surface area contributed by atoms with Gasteiger partial charge in [-0.15, -0.1) is 0 Å². The van der Waals surface area contributed by atoms with Crippen molar-refractivity contribution >= 4 is 17.3 Å². The van der Waals surface area contributed by atoms with Crippen molar-refractivity contribution in [1.82, 2.24) is 14.7 Å². The molecule has 1 aliphatic heterocycles. The topological polar surface area (TPSA) is 108 Å². The van der Waals surface area contributed by atoms with Gasteiger partial charge < -0.3 is 9.80 Å². The second-order valence-electron chi connectivity index (χ2n) is 6.94. The van der Waals surface area contributed by atoms with Gasteiger partial charge in [0.1, 0.15) is 17.4 Å². The van der Waals surface area contributed by atoms with Crippen LogP contribution in [0.3, 0.4) is 0 Å². The molecule has 31 heavy (non-hydrogen) atoms. The molecule has 3 aromatic rings. The Balaban J connectivity index is 1.43. The minimum absolute atomic E-state index is 0.00381. The smallest absolute Gasteiger partial charge is 0.274 e. The van der Waals surface area contributed by atoms with E-state index in [1.54, 1.807) is 41.4 Å². The highest BCUT2D eigenvalue weighted by Crippen LogP contribution is 2.24. The molecule has 10 heteroatoms. The number of nitro groups is 1. The lowest BCUT2D eigenvalue weighted by Crippen LogP contribution is -2.49. The Morgan fingerprint density at radius 3 is 2.45 bits per heavy atom. The number of piperazine rings is 1. The summed E-state index contributed by atoms with van der Waals surface area (Å²) in [7, 11) is 0. The number of anilines is 1. The third-order valence-corrected chi connectivity index (χ3v) is 5.14. The number of nitriles is 1. The lowest BCUT2D eigenvalue weighted by Gasteiger charge is -2.36. The highest BCUT2D eigenvalue weighted by molar-refractivity contribution is 5.92. The standard InChI is InChI=1S/C21H17FN6O3/c22-18-2-1-3-20(17(18)14-23)25-10-12-26(13-11-25)21(29)19-8-9-27(24-19)15-4-6-16(7-5-15)28(30)31/h1-9H,10-13H2. The molecule has 4 rings (SSSR count). The third-order valence-electron chi connectivity index (χ3n) is 5.14. The summed E-state index contributed by atoms with van der Waals surface area (Å²) >= 11 is 0. The van der Waals surface area contributed by atoms with Crippen LogP contribution in [0.15, 0.2) is 54.7 Å². The van der Waals surface area contributed by atoms with Gasteiger partial charge in [0.05, 0.1) is 16.3 Å². The predicted molar refractivity (Wildman–Crippen MR) is 109 cm³/mol. The number of carbonyl (C=O) groups excluding carboxylic acids is 1. The van der Waals surface area contributed by atoms with E-state index in [9.17, 15) is 24.6 Å². The van der Waals surface area contributed by atoms with Crippen LogP contribution < -0.4 is 4.90 Å². The van der Waals surface area contributed by atoms with Crippen LogP contribution >= 0.6 is 0 Å². The van der Waals surface area contributed by atoms with E-state index in [4.69, 9.17) is 0 Å². The molecule has 1 fully saturated rings. The highest BCUT2D eigenvalue weighted by Gasteiger charge is 2.25. The molecule has 1 amide bonds. The average molecular weight is 420 g/mol. The number of hydrogen-bond donors (Lipinski definition) is 0. The maximum absolute atomic E-state index is 13.9. The Morgan fingerprint density at radius 1 is 1.10 bits per heavy atom. The molecule has 0 unspecified atom stereocenters. The van der Waals surface area contributed by atoms with Crippen molar-refractivity contribution in [2.75, 3.05) is 31.1 Å². The minimum atomic E-state index is -0.560. The first-order chi connectivity index (χ1) is 15.0. The van der Waals surface area contributed by atoms with Crippen molar-refractivity contribution in [2.45, 2.75) is 0 Å². The van der Waals surface area contributed by atoms with Gasteiger partial charge in [0, 0.05) is 44.5 Å². The number of hydrogen-bond acceptors (Lipinski definition) is 6. The molecule has 0 bridgehead atoms. The van der Waals surface area contributed by atoms with Crippen molar-refractivity contribution in [2.24, 2.45) is 0 Å². The fraction of sp³-hybridized carbons (Fsp3) is 0.190. The monoisotopic (exact) mass is 420 g/mol. The van der Waals surface area contributed by atoms with Crippen LogP contribution in [-0.4, -0.2) is 51.7 Å². The molecule has 0 radical (unpaired) electrons. The number of aromatic nitrogens is 2. The fourth-order valence-corrected chi connectivity index (χ4v) is 3.51. The third kappa shape index (κ3) is 3.93. The highest BCUT2D eigenvalue weighted by atomic mass is 19.1. The van der Waals surface area contributed by atoms with Gasteiger partial charge in [-0.2, -0.15) is 10.4 Å². The molecule has 0 N–H and O–H groups in total. The summed E-state index contributed by atoms with van der Waals surface area (Å²) in [6.07, 6.45) is 1.62. The quantitative estimate of drug-likeness (QED) is 0.474.